The quantitative estimate of drug-likeness (QED) is 0.501. The van der Waals surface area contributed by atoms with Crippen LogP contribution in [-0.4, -0.2) is 16.6 Å². The highest BCUT2D eigenvalue weighted by atomic mass is 16.3. The van der Waals surface area contributed by atoms with Gasteiger partial charge >= 0.3 is 0 Å². The second-order valence-corrected chi connectivity index (χ2v) is 8.53. The van der Waals surface area contributed by atoms with Gasteiger partial charge in [0.05, 0.1) is 6.54 Å². The van der Waals surface area contributed by atoms with Gasteiger partial charge in [-0.1, -0.05) is 116 Å². The Morgan fingerprint density at radius 3 is 1.74 bits per heavy atom. The van der Waals surface area contributed by atoms with E-state index in [0.29, 0.717) is 6.54 Å². The molecule has 2 heteroatoms. The van der Waals surface area contributed by atoms with Crippen molar-refractivity contribution in [3.63, 3.8) is 0 Å². The summed E-state index contributed by atoms with van der Waals surface area (Å²) in [5.41, 5.74) is 2.40. The minimum atomic E-state index is -1.07. The molecular weight excluding hydrogens is 378 g/mol. The Bertz CT molecular complexity index is 943. The second-order valence-electron chi connectivity index (χ2n) is 8.53. The third-order valence-electron chi connectivity index (χ3n) is 6.24. The molecule has 2 nitrogen and oxygen atoms in total. The van der Waals surface area contributed by atoms with E-state index in [9.17, 15) is 5.11 Å². The van der Waals surface area contributed by atoms with Crippen molar-refractivity contribution < 1.29 is 5.11 Å². The lowest BCUT2D eigenvalue weighted by Crippen LogP contribution is -2.32. The molecule has 1 aliphatic rings. The van der Waals surface area contributed by atoms with E-state index in [1.807, 2.05) is 42.5 Å². The first kappa shape index (κ1) is 21.4. The van der Waals surface area contributed by atoms with E-state index in [2.05, 4.69) is 65.3 Å². The monoisotopic (exact) mass is 409 g/mol. The van der Waals surface area contributed by atoms with Crippen molar-refractivity contribution in [1.82, 2.24) is 4.90 Å². The Kier molecular flexibility index (Phi) is 7.20. The molecule has 0 spiro atoms. The predicted octanol–water partition coefficient (Wildman–Crippen LogP) is 5.77. The molecule has 0 aromatic heterocycles. The zero-order chi connectivity index (χ0) is 21.4. The Morgan fingerprint density at radius 1 is 0.742 bits per heavy atom. The molecule has 0 aliphatic heterocycles. The Morgan fingerprint density at radius 2 is 1.23 bits per heavy atom. The Labute approximate surface area is 186 Å². The Balaban J connectivity index is 1.56. The van der Waals surface area contributed by atoms with Gasteiger partial charge in [-0.05, 0) is 29.5 Å². The van der Waals surface area contributed by atoms with Crippen LogP contribution in [0.5, 0.6) is 0 Å². The SMILES string of the molecule is OC(C#CCN(Cc1ccccc1)Cc1ccccc1)(c1ccccc1)C1CCCC1. The van der Waals surface area contributed by atoms with Crippen LogP contribution < -0.4 is 0 Å². The average molecular weight is 410 g/mol. The summed E-state index contributed by atoms with van der Waals surface area (Å²) in [5.74, 6) is 6.90. The lowest BCUT2D eigenvalue weighted by Gasteiger charge is -2.30. The molecule has 1 saturated carbocycles. The maximum absolute atomic E-state index is 11.7. The minimum absolute atomic E-state index is 0.207. The number of nitrogens with zero attached hydrogens (tertiary/aromatic N) is 1. The van der Waals surface area contributed by atoms with Crippen LogP contribution in [-0.2, 0) is 18.7 Å². The molecule has 1 N–H and O–H groups in total. The standard InChI is InChI=1S/C29H31NO/c31-29(28-19-10-11-20-28,27-17-8-3-9-18-27)21-12-22-30(23-25-13-4-1-5-14-25)24-26-15-6-2-7-16-26/h1-9,13-18,28,31H,10-11,19-20,22-24H2. The summed E-state index contributed by atoms with van der Waals surface area (Å²) < 4.78 is 0. The summed E-state index contributed by atoms with van der Waals surface area (Å²) in [6.45, 7) is 2.28. The lowest BCUT2D eigenvalue weighted by molar-refractivity contribution is 0.0367. The van der Waals surface area contributed by atoms with Crippen LogP contribution in [0.4, 0.5) is 0 Å². The Hall–Kier alpha value is -2.86. The maximum Gasteiger partial charge on any atom is 0.153 e. The van der Waals surface area contributed by atoms with Crippen molar-refractivity contribution in [2.24, 2.45) is 5.92 Å². The largest absolute Gasteiger partial charge is 0.373 e. The van der Waals surface area contributed by atoms with E-state index < -0.39 is 5.60 Å². The average Bonchev–Trinajstić information content (AvgIpc) is 3.37. The highest BCUT2D eigenvalue weighted by Crippen LogP contribution is 2.40. The number of aliphatic hydroxyl groups is 1. The molecule has 1 unspecified atom stereocenters. The van der Waals surface area contributed by atoms with Crippen molar-refractivity contribution in [2.75, 3.05) is 6.54 Å². The molecule has 158 valence electrons. The smallest absolute Gasteiger partial charge is 0.153 e. The topological polar surface area (TPSA) is 23.5 Å². The number of benzene rings is 3. The van der Waals surface area contributed by atoms with Gasteiger partial charge in [0.2, 0.25) is 0 Å². The van der Waals surface area contributed by atoms with Gasteiger partial charge in [0.15, 0.2) is 5.60 Å². The van der Waals surface area contributed by atoms with Crippen LogP contribution in [0.3, 0.4) is 0 Å². The molecule has 1 aliphatic carbocycles. The van der Waals surface area contributed by atoms with Crippen molar-refractivity contribution in [3.05, 3.63) is 108 Å². The summed E-state index contributed by atoms with van der Waals surface area (Å²) >= 11 is 0. The molecule has 3 aromatic rings. The molecule has 0 heterocycles. The van der Waals surface area contributed by atoms with Gasteiger partial charge in [-0.25, -0.2) is 0 Å². The van der Waals surface area contributed by atoms with Gasteiger partial charge in [0, 0.05) is 19.0 Å². The third-order valence-corrected chi connectivity index (χ3v) is 6.24. The van der Waals surface area contributed by atoms with Gasteiger partial charge in [-0.15, -0.1) is 0 Å². The summed E-state index contributed by atoms with van der Waals surface area (Å²) in [6, 6.07) is 31.0. The molecule has 1 atom stereocenters. The van der Waals surface area contributed by atoms with Gasteiger partial charge in [0.1, 0.15) is 0 Å². The van der Waals surface area contributed by atoms with Crippen molar-refractivity contribution in [2.45, 2.75) is 44.4 Å². The van der Waals surface area contributed by atoms with E-state index in [0.717, 1.165) is 31.5 Å². The van der Waals surface area contributed by atoms with Gasteiger partial charge in [-0.3, -0.25) is 4.90 Å². The molecule has 3 aromatic carbocycles. The van der Waals surface area contributed by atoms with Crippen LogP contribution in [0.2, 0.25) is 0 Å². The molecule has 4 rings (SSSR count). The van der Waals surface area contributed by atoms with E-state index in [1.54, 1.807) is 0 Å². The van der Waals surface area contributed by atoms with E-state index in [-0.39, 0.29) is 5.92 Å². The fraction of sp³-hybridized carbons (Fsp3) is 0.310. The van der Waals surface area contributed by atoms with Crippen LogP contribution in [0.25, 0.3) is 0 Å². The molecule has 0 saturated heterocycles. The molecule has 0 amide bonds. The summed E-state index contributed by atoms with van der Waals surface area (Å²) in [6.07, 6.45) is 4.43. The van der Waals surface area contributed by atoms with E-state index in [4.69, 9.17) is 0 Å². The number of hydrogen-bond donors (Lipinski definition) is 1. The summed E-state index contributed by atoms with van der Waals surface area (Å²) in [7, 11) is 0. The van der Waals surface area contributed by atoms with Crippen molar-refractivity contribution >= 4 is 0 Å². The molecule has 31 heavy (non-hydrogen) atoms. The zero-order valence-corrected chi connectivity index (χ0v) is 18.1. The molecular formula is C29H31NO. The van der Waals surface area contributed by atoms with E-state index in [1.165, 1.54) is 24.0 Å². The van der Waals surface area contributed by atoms with Crippen LogP contribution in [0, 0.1) is 17.8 Å². The predicted molar refractivity (Wildman–Crippen MR) is 127 cm³/mol. The van der Waals surface area contributed by atoms with Gasteiger partial charge in [-0.2, -0.15) is 0 Å². The minimum Gasteiger partial charge on any atom is -0.373 e. The summed E-state index contributed by atoms with van der Waals surface area (Å²) in [5, 5.41) is 11.7. The third kappa shape index (κ3) is 5.64. The molecule has 0 radical (unpaired) electrons. The first-order valence-electron chi connectivity index (χ1n) is 11.3. The first-order chi connectivity index (χ1) is 15.2. The van der Waals surface area contributed by atoms with Gasteiger partial charge < -0.3 is 5.11 Å². The number of hydrogen-bond acceptors (Lipinski definition) is 2. The van der Waals surface area contributed by atoms with Crippen molar-refractivity contribution in [3.8, 4) is 11.8 Å². The maximum atomic E-state index is 11.7. The fourth-order valence-corrected chi connectivity index (χ4v) is 4.58. The van der Waals surface area contributed by atoms with Crippen LogP contribution in [0.15, 0.2) is 91.0 Å². The summed E-state index contributed by atoms with van der Waals surface area (Å²) in [4.78, 5) is 2.34. The zero-order valence-electron chi connectivity index (χ0n) is 18.1. The first-order valence-corrected chi connectivity index (χ1v) is 11.3. The molecule has 1 fully saturated rings. The highest BCUT2D eigenvalue weighted by molar-refractivity contribution is 5.33. The number of rotatable bonds is 7. The normalized spacial score (nSPS) is 15.9. The van der Waals surface area contributed by atoms with E-state index >= 15 is 0 Å². The molecule has 0 bridgehead atoms. The highest BCUT2D eigenvalue weighted by Gasteiger charge is 2.38. The second kappa shape index (κ2) is 10.4. The van der Waals surface area contributed by atoms with Crippen LogP contribution in [0.1, 0.15) is 42.4 Å². The fourth-order valence-electron chi connectivity index (χ4n) is 4.58. The van der Waals surface area contributed by atoms with Gasteiger partial charge in [0.25, 0.3) is 0 Å². The van der Waals surface area contributed by atoms with Crippen molar-refractivity contribution in [1.29, 1.82) is 0 Å². The van der Waals surface area contributed by atoms with Crippen LogP contribution >= 0.6 is 0 Å². The lowest BCUT2D eigenvalue weighted by atomic mass is 9.80.